The fourth-order valence-corrected chi connectivity index (χ4v) is 1.60. The van der Waals surface area contributed by atoms with Gasteiger partial charge in [-0.05, 0) is 0 Å². The smallest absolute Gasteiger partial charge is 0.304 e. The Balaban J connectivity index is 2.24. The molecule has 1 rings (SSSR count). The molecule has 0 aromatic rings. The molecule has 5 heteroatoms. The van der Waals surface area contributed by atoms with Crippen molar-refractivity contribution >= 4 is 17.7 Å². The number of rotatable bonds is 2. The molecule has 0 bridgehead atoms. The van der Waals surface area contributed by atoms with Crippen molar-refractivity contribution in [2.75, 3.05) is 12.4 Å². The van der Waals surface area contributed by atoms with Crippen LogP contribution < -0.4 is 0 Å². The van der Waals surface area contributed by atoms with Crippen LogP contribution in [-0.2, 0) is 14.3 Å². The summed E-state index contributed by atoms with van der Waals surface area (Å²) >= 11 is 1.44. The largest absolute Gasteiger partial charge is 0.435 e. The molecule has 1 heterocycles. The molecule has 1 aliphatic rings. The molecule has 1 saturated heterocycles. The number of aliphatic hydroxyl groups excluding tert-OH is 1. The van der Waals surface area contributed by atoms with E-state index in [4.69, 9.17) is 14.6 Å². The maximum Gasteiger partial charge on any atom is 0.304 e. The van der Waals surface area contributed by atoms with Crippen LogP contribution in [0.25, 0.3) is 0 Å². The summed E-state index contributed by atoms with van der Waals surface area (Å²) in [5, 5.41) is 8.63. The lowest BCUT2D eigenvalue weighted by Crippen LogP contribution is -2.20. The van der Waals surface area contributed by atoms with Crippen molar-refractivity contribution in [2.24, 2.45) is 0 Å². The average Bonchev–Trinajstić information content (AvgIpc) is 2.34. The number of thioether (sulfide) groups is 1. The molecule has 0 aromatic heterocycles. The highest BCUT2D eigenvalue weighted by molar-refractivity contribution is 8.00. The second kappa shape index (κ2) is 3.94. The molecule has 1 aliphatic heterocycles. The third-order valence-electron chi connectivity index (χ3n) is 1.17. The van der Waals surface area contributed by atoms with Crippen molar-refractivity contribution in [1.29, 1.82) is 0 Å². The number of hydrogen-bond acceptors (Lipinski definition) is 5. The Bertz CT molecular complexity index is 150. The van der Waals surface area contributed by atoms with E-state index in [-0.39, 0.29) is 18.0 Å². The van der Waals surface area contributed by atoms with Gasteiger partial charge in [0, 0.05) is 6.92 Å². The summed E-state index contributed by atoms with van der Waals surface area (Å²) in [6, 6.07) is 0. The van der Waals surface area contributed by atoms with Gasteiger partial charge in [-0.1, -0.05) is 0 Å². The van der Waals surface area contributed by atoms with Crippen molar-refractivity contribution < 1.29 is 19.4 Å². The van der Waals surface area contributed by atoms with Crippen molar-refractivity contribution in [2.45, 2.75) is 18.6 Å². The Morgan fingerprint density at radius 2 is 2.64 bits per heavy atom. The molecule has 0 unspecified atom stereocenters. The molecule has 2 atom stereocenters. The summed E-state index contributed by atoms with van der Waals surface area (Å²) in [5.74, 6) is 0.249. The molecule has 1 fully saturated rings. The maximum atomic E-state index is 10.4. The summed E-state index contributed by atoms with van der Waals surface area (Å²) < 4.78 is 9.84. The average molecular weight is 178 g/mol. The van der Waals surface area contributed by atoms with Crippen LogP contribution in [0.5, 0.6) is 0 Å². The summed E-state index contributed by atoms with van der Waals surface area (Å²) in [6.45, 7) is 1.29. The van der Waals surface area contributed by atoms with Crippen molar-refractivity contribution in [3.8, 4) is 0 Å². The zero-order chi connectivity index (χ0) is 8.27. The Labute approximate surface area is 68.9 Å². The van der Waals surface area contributed by atoms with Gasteiger partial charge in [-0.2, -0.15) is 0 Å². The minimum Gasteiger partial charge on any atom is -0.435 e. The lowest BCUT2D eigenvalue weighted by molar-refractivity contribution is -0.171. The molecule has 0 amide bonds. The van der Waals surface area contributed by atoms with Gasteiger partial charge < -0.3 is 14.6 Å². The zero-order valence-electron chi connectivity index (χ0n) is 6.15. The Morgan fingerprint density at radius 1 is 1.91 bits per heavy atom. The molecule has 0 aliphatic carbocycles. The third kappa shape index (κ3) is 2.69. The molecule has 0 saturated carbocycles. The monoisotopic (exact) mass is 178 g/mol. The van der Waals surface area contributed by atoms with Crippen LogP contribution in [0.2, 0.25) is 0 Å². The lowest BCUT2D eigenvalue weighted by atomic mass is 10.7. The second-order valence-corrected chi connectivity index (χ2v) is 3.31. The van der Waals surface area contributed by atoms with Gasteiger partial charge in [0.2, 0.25) is 6.29 Å². The summed E-state index contributed by atoms with van der Waals surface area (Å²) in [5.41, 5.74) is -0.237. The molecule has 4 nitrogen and oxygen atoms in total. The van der Waals surface area contributed by atoms with Crippen LogP contribution in [0.3, 0.4) is 0 Å². The first kappa shape index (κ1) is 8.83. The van der Waals surface area contributed by atoms with Crippen LogP contribution in [0.15, 0.2) is 0 Å². The number of ether oxygens (including phenoxy) is 2. The van der Waals surface area contributed by atoms with E-state index in [0.717, 1.165) is 0 Å². The summed E-state index contributed by atoms with van der Waals surface area (Å²) in [4.78, 5) is 10.4. The van der Waals surface area contributed by atoms with Gasteiger partial charge in [0.25, 0.3) is 0 Å². The number of carbonyl (C=O) groups is 1. The zero-order valence-corrected chi connectivity index (χ0v) is 6.97. The number of aliphatic hydroxyl groups is 1. The Hall–Kier alpha value is -0.260. The van der Waals surface area contributed by atoms with E-state index in [1.165, 1.54) is 18.7 Å². The first-order valence-electron chi connectivity index (χ1n) is 3.27. The quantitative estimate of drug-likeness (QED) is 0.601. The van der Waals surface area contributed by atoms with Crippen LogP contribution >= 0.6 is 11.8 Å². The van der Waals surface area contributed by atoms with Gasteiger partial charge in [-0.15, -0.1) is 11.8 Å². The SMILES string of the molecule is CC(=O)O[C@@H]1CS[C@@H](CO)O1. The van der Waals surface area contributed by atoms with E-state index < -0.39 is 6.29 Å². The van der Waals surface area contributed by atoms with E-state index >= 15 is 0 Å². The van der Waals surface area contributed by atoms with E-state index in [1.54, 1.807) is 0 Å². The minimum atomic E-state index is -0.477. The molecule has 64 valence electrons. The summed E-state index contributed by atoms with van der Waals surface area (Å²) in [7, 11) is 0. The van der Waals surface area contributed by atoms with Crippen LogP contribution in [0, 0.1) is 0 Å². The first-order valence-corrected chi connectivity index (χ1v) is 4.32. The Morgan fingerprint density at radius 3 is 3.09 bits per heavy atom. The first-order chi connectivity index (χ1) is 5.22. The maximum absolute atomic E-state index is 10.4. The highest BCUT2D eigenvalue weighted by Gasteiger charge is 2.26. The van der Waals surface area contributed by atoms with E-state index in [0.29, 0.717) is 5.75 Å². The van der Waals surface area contributed by atoms with Crippen molar-refractivity contribution in [1.82, 2.24) is 0 Å². The van der Waals surface area contributed by atoms with Crippen molar-refractivity contribution in [3.05, 3.63) is 0 Å². The highest BCUT2D eigenvalue weighted by atomic mass is 32.2. The molecule has 1 N–H and O–H groups in total. The fraction of sp³-hybridized carbons (Fsp3) is 0.833. The fourth-order valence-electron chi connectivity index (χ4n) is 0.776. The number of carbonyl (C=O) groups excluding carboxylic acids is 1. The predicted molar refractivity (Wildman–Crippen MR) is 40.0 cm³/mol. The van der Waals surface area contributed by atoms with E-state index in [1.807, 2.05) is 0 Å². The molecule has 0 spiro atoms. The minimum absolute atomic E-state index is 0.0393. The lowest BCUT2D eigenvalue weighted by Gasteiger charge is -2.09. The van der Waals surface area contributed by atoms with Crippen molar-refractivity contribution in [3.63, 3.8) is 0 Å². The molecular weight excluding hydrogens is 168 g/mol. The van der Waals surface area contributed by atoms with Gasteiger partial charge in [-0.3, -0.25) is 4.79 Å². The van der Waals surface area contributed by atoms with E-state index in [2.05, 4.69) is 0 Å². The Kier molecular flexibility index (Phi) is 3.16. The normalized spacial score (nSPS) is 30.4. The predicted octanol–water partition coefficient (Wildman–Crippen LogP) is -0.0426. The molecular formula is C6H10O4S. The van der Waals surface area contributed by atoms with Gasteiger partial charge in [0.05, 0.1) is 12.4 Å². The van der Waals surface area contributed by atoms with Gasteiger partial charge in [0.1, 0.15) is 5.44 Å². The molecule has 0 radical (unpaired) electrons. The van der Waals surface area contributed by atoms with Crippen LogP contribution in [0.1, 0.15) is 6.92 Å². The third-order valence-corrected chi connectivity index (χ3v) is 2.26. The van der Waals surface area contributed by atoms with E-state index in [9.17, 15) is 4.79 Å². The highest BCUT2D eigenvalue weighted by Crippen LogP contribution is 2.25. The number of esters is 1. The molecule has 11 heavy (non-hydrogen) atoms. The van der Waals surface area contributed by atoms with Gasteiger partial charge in [-0.25, -0.2) is 0 Å². The topological polar surface area (TPSA) is 55.8 Å². The van der Waals surface area contributed by atoms with Gasteiger partial charge in [0.15, 0.2) is 0 Å². The van der Waals surface area contributed by atoms with Crippen LogP contribution in [-0.4, -0.2) is 35.2 Å². The second-order valence-electron chi connectivity index (χ2n) is 2.12. The van der Waals surface area contributed by atoms with Crippen LogP contribution in [0.4, 0.5) is 0 Å². The standard InChI is InChI=1S/C6H10O4S/c1-4(8)9-5-3-11-6(2-7)10-5/h5-7H,2-3H2,1H3/t5-,6-/m0/s1. The summed E-state index contributed by atoms with van der Waals surface area (Å²) in [6.07, 6.45) is -0.477. The number of hydrogen-bond donors (Lipinski definition) is 1. The van der Waals surface area contributed by atoms with Gasteiger partial charge >= 0.3 is 5.97 Å². The molecule has 0 aromatic carbocycles.